The summed E-state index contributed by atoms with van der Waals surface area (Å²) in [6, 6.07) is 14.3. The number of carbonyl (C=O) groups is 2. The maximum atomic E-state index is 13.5. The van der Waals surface area contributed by atoms with Crippen molar-refractivity contribution in [1.29, 1.82) is 0 Å². The number of nitrogens with zero attached hydrogens (tertiary/aromatic N) is 4. The molecule has 1 aromatic carbocycles. The van der Waals surface area contributed by atoms with E-state index >= 15 is 0 Å². The first-order valence-electron chi connectivity index (χ1n) is 11.0. The summed E-state index contributed by atoms with van der Waals surface area (Å²) in [4.78, 5) is 28.2. The number of benzene rings is 1. The van der Waals surface area contributed by atoms with Crippen LogP contribution in [0.2, 0.25) is 0 Å². The molecule has 0 aliphatic carbocycles. The van der Waals surface area contributed by atoms with Gasteiger partial charge in [0.15, 0.2) is 5.65 Å². The highest BCUT2D eigenvalue weighted by Gasteiger charge is 2.34. The molecule has 162 valence electrons. The number of piperidine rings is 1. The lowest BCUT2D eigenvalue weighted by molar-refractivity contribution is -0.135. The molecule has 2 aromatic heterocycles. The quantitative estimate of drug-likeness (QED) is 0.665. The Morgan fingerprint density at radius 3 is 2.68 bits per heavy atom. The molecule has 3 aromatic rings. The second-order valence-corrected chi connectivity index (χ2v) is 8.31. The van der Waals surface area contributed by atoms with Crippen LogP contribution in [-0.4, -0.2) is 50.4 Å². The second kappa shape index (κ2) is 9.29. The van der Waals surface area contributed by atoms with Crippen molar-refractivity contribution in [3.63, 3.8) is 0 Å². The number of carbonyl (C=O) groups excluding carboxylic acids is 2. The lowest BCUT2D eigenvalue weighted by atomic mass is 9.93. The van der Waals surface area contributed by atoms with Crippen molar-refractivity contribution in [2.24, 2.45) is 5.92 Å². The number of fused-ring (bicyclic) bond motifs is 1. The van der Waals surface area contributed by atoms with E-state index < -0.39 is 6.04 Å². The van der Waals surface area contributed by atoms with Gasteiger partial charge in [-0.05, 0) is 43.0 Å². The van der Waals surface area contributed by atoms with Crippen LogP contribution in [0, 0.1) is 5.92 Å². The Morgan fingerprint density at radius 2 is 1.90 bits per heavy atom. The summed E-state index contributed by atoms with van der Waals surface area (Å²) in [5.74, 6) is 0.821. The van der Waals surface area contributed by atoms with Crippen molar-refractivity contribution in [2.45, 2.75) is 45.1 Å². The standard InChI is InChI=1S/C24H29N5O2/c1-3-17(2)21(25-23(30)18-10-5-4-6-11-18)24(31)28-14-9-12-19(16-28)22-27-26-20-13-7-8-15-29(20)22/h4-8,10-11,13,15,17,19,21H,3,9,12,14,16H2,1-2H3,(H,25,30)/t17-,19+,21+/m0/s1. The summed E-state index contributed by atoms with van der Waals surface area (Å²) < 4.78 is 2.00. The second-order valence-electron chi connectivity index (χ2n) is 8.31. The molecule has 3 heterocycles. The molecule has 7 heteroatoms. The molecule has 1 aliphatic heterocycles. The number of nitrogens with one attached hydrogen (secondary N) is 1. The highest BCUT2D eigenvalue weighted by Crippen LogP contribution is 2.27. The molecule has 1 aliphatic rings. The fraction of sp³-hybridized carbons (Fsp3) is 0.417. The number of aromatic nitrogens is 3. The van der Waals surface area contributed by atoms with E-state index in [0.29, 0.717) is 18.7 Å². The van der Waals surface area contributed by atoms with E-state index in [9.17, 15) is 9.59 Å². The Morgan fingerprint density at radius 1 is 1.13 bits per heavy atom. The minimum atomic E-state index is -0.549. The Hall–Kier alpha value is -3.22. The normalized spacial score (nSPS) is 18.5. The molecule has 0 unspecified atom stereocenters. The van der Waals surface area contributed by atoms with Gasteiger partial charge in [-0.2, -0.15) is 0 Å². The third kappa shape index (κ3) is 4.45. The van der Waals surface area contributed by atoms with Gasteiger partial charge in [-0.3, -0.25) is 14.0 Å². The topological polar surface area (TPSA) is 79.6 Å². The number of hydrogen-bond acceptors (Lipinski definition) is 4. The maximum absolute atomic E-state index is 13.5. The van der Waals surface area contributed by atoms with E-state index in [1.165, 1.54) is 0 Å². The van der Waals surface area contributed by atoms with Crippen molar-refractivity contribution < 1.29 is 9.59 Å². The van der Waals surface area contributed by atoms with Crippen LogP contribution in [0.1, 0.15) is 55.2 Å². The molecule has 2 amide bonds. The van der Waals surface area contributed by atoms with E-state index in [-0.39, 0.29) is 23.7 Å². The zero-order chi connectivity index (χ0) is 21.8. The van der Waals surface area contributed by atoms with E-state index in [2.05, 4.69) is 15.5 Å². The van der Waals surface area contributed by atoms with Gasteiger partial charge in [0.2, 0.25) is 5.91 Å². The van der Waals surface area contributed by atoms with E-state index in [0.717, 1.165) is 30.7 Å². The molecular weight excluding hydrogens is 390 g/mol. The highest BCUT2D eigenvalue weighted by atomic mass is 16.2. The van der Waals surface area contributed by atoms with Gasteiger partial charge in [0.1, 0.15) is 11.9 Å². The SMILES string of the molecule is CC[C@H](C)[C@@H](NC(=O)c1ccccc1)C(=O)N1CCC[C@@H](c2nnc3ccccn23)C1. The van der Waals surface area contributed by atoms with Crippen LogP contribution in [0.15, 0.2) is 54.7 Å². The summed E-state index contributed by atoms with van der Waals surface area (Å²) in [5.41, 5.74) is 1.38. The number of amides is 2. The van der Waals surface area contributed by atoms with Crippen LogP contribution in [0.3, 0.4) is 0 Å². The molecule has 1 saturated heterocycles. The van der Waals surface area contributed by atoms with Gasteiger partial charge in [0.25, 0.3) is 5.91 Å². The Kier molecular flexibility index (Phi) is 6.30. The van der Waals surface area contributed by atoms with E-state index in [1.54, 1.807) is 12.1 Å². The smallest absolute Gasteiger partial charge is 0.251 e. The van der Waals surface area contributed by atoms with Crippen molar-refractivity contribution in [1.82, 2.24) is 24.8 Å². The van der Waals surface area contributed by atoms with E-state index in [1.807, 2.05) is 65.7 Å². The van der Waals surface area contributed by atoms with Crippen LogP contribution in [0.4, 0.5) is 0 Å². The number of rotatable bonds is 6. The number of pyridine rings is 1. The Balaban J connectivity index is 1.51. The lowest BCUT2D eigenvalue weighted by Crippen LogP contribution is -2.53. The van der Waals surface area contributed by atoms with Crippen LogP contribution in [-0.2, 0) is 4.79 Å². The molecule has 1 fully saturated rings. The number of hydrogen-bond donors (Lipinski definition) is 1. The summed E-state index contributed by atoms with van der Waals surface area (Å²) in [6.07, 6.45) is 4.63. The Bertz CT molecular complexity index is 1050. The molecule has 0 saturated carbocycles. The predicted molar refractivity (Wildman–Crippen MR) is 119 cm³/mol. The van der Waals surface area contributed by atoms with Crippen molar-refractivity contribution in [2.75, 3.05) is 13.1 Å². The fourth-order valence-electron chi connectivity index (χ4n) is 4.22. The highest BCUT2D eigenvalue weighted by molar-refractivity contribution is 5.97. The minimum absolute atomic E-state index is 0.0165. The molecule has 0 bridgehead atoms. The van der Waals surface area contributed by atoms with Crippen molar-refractivity contribution in [3.05, 3.63) is 66.1 Å². The zero-order valence-corrected chi connectivity index (χ0v) is 18.1. The molecule has 0 spiro atoms. The molecule has 31 heavy (non-hydrogen) atoms. The largest absolute Gasteiger partial charge is 0.340 e. The third-order valence-electron chi connectivity index (χ3n) is 6.24. The minimum Gasteiger partial charge on any atom is -0.340 e. The first-order chi connectivity index (χ1) is 15.1. The average Bonchev–Trinajstić information content (AvgIpc) is 3.26. The molecule has 0 radical (unpaired) electrons. The van der Waals surface area contributed by atoms with Crippen LogP contribution < -0.4 is 5.32 Å². The van der Waals surface area contributed by atoms with Gasteiger partial charge in [-0.1, -0.05) is 44.5 Å². The van der Waals surface area contributed by atoms with Gasteiger partial charge in [-0.25, -0.2) is 0 Å². The van der Waals surface area contributed by atoms with Crippen LogP contribution >= 0.6 is 0 Å². The summed E-state index contributed by atoms with van der Waals surface area (Å²) in [7, 11) is 0. The molecule has 4 rings (SSSR count). The van der Waals surface area contributed by atoms with Crippen LogP contribution in [0.25, 0.3) is 5.65 Å². The van der Waals surface area contributed by atoms with Gasteiger partial charge in [-0.15, -0.1) is 10.2 Å². The van der Waals surface area contributed by atoms with Crippen molar-refractivity contribution >= 4 is 17.5 Å². The zero-order valence-electron chi connectivity index (χ0n) is 18.1. The van der Waals surface area contributed by atoms with Gasteiger partial charge in [0, 0.05) is 30.8 Å². The third-order valence-corrected chi connectivity index (χ3v) is 6.24. The monoisotopic (exact) mass is 419 g/mol. The van der Waals surface area contributed by atoms with Gasteiger partial charge in [0.05, 0.1) is 0 Å². The molecule has 7 nitrogen and oxygen atoms in total. The number of likely N-dealkylation sites (tertiary alicyclic amines) is 1. The lowest BCUT2D eigenvalue weighted by Gasteiger charge is -2.36. The van der Waals surface area contributed by atoms with Gasteiger partial charge >= 0.3 is 0 Å². The first-order valence-corrected chi connectivity index (χ1v) is 11.0. The molecule has 1 N–H and O–H groups in total. The van der Waals surface area contributed by atoms with Gasteiger partial charge < -0.3 is 10.2 Å². The summed E-state index contributed by atoms with van der Waals surface area (Å²) in [6.45, 7) is 5.34. The average molecular weight is 420 g/mol. The van der Waals surface area contributed by atoms with Crippen LogP contribution in [0.5, 0.6) is 0 Å². The molecular formula is C24H29N5O2. The Labute approximate surface area is 182 Å². The van der Waals surface area contributed by atoms with Crippen molar-refractivity contribution in [3.8, 4) is 0 Å². The maximum Gasteiger partial charge on any atom is 0.251 e. The van der Waals surface area contributed by atoms with E-state index in [4.69, 9.17) is 0 Å². The predicted octanol–water partition coefficient (Wildman–Crippen LogP) is 3.28. The first kappa shape index (κ1) is 21.0. The molecule has 3 atom stereocenters. The summed E-state index contributed by atoms with van der Waals surface area (Å²) in [5, 5.41) is 11.7. The summed E-state index contributed by atoms with van der Waals surface area (Å²) >= 11 is 0. The fourth-order valence-corrected chi connectivity index (χ4v) is 4.22.